The van der Waals surface area contributed by atoms with Gasteiger partial charge in [0.05, 0.1) is 0 Å². The Bertz CT molecular complexity index is 96.7. The number of hydrogen-bond acceptors (Lipinski definition) is 5. The first-order valence-corrected chi connectivity index (χ1v) is 5.79. The van der Waals surface area contributed by atoms with Gasteiger partial charge in [-0.2, -0.15) is 0 Å². The van der Waals surface area contributed by atoms with Gasteiger partial charge in [-0.3, -0.25) is 0 Å². The number of carboxylic acid groups (broad SMARTS) is 1. The first kappa shape index (κ1) is 22.5. The molecular weight excluding hydrogens is 180 g/mol. The summed E-state index contributed by atoms with van der Waals surface area (Å²) in [5, 5.41) is 15.8. The molecule has 0 saturated heterocycles. The van der Waals surface area contributed by atoms with Crippen LogP contribution >= 0.6 is 0 Å². The summed E-state index contributed by atoms with van der Waals surface area (Å²) >= 11 is 0. The first-order chi connectivity index (χ1) is 4.37. The molecule has 0 spiro atoms. The van der Waals surface area contributed by atoms with Crippen LogP contribution in [0.25, 0.3) is 0 Å². The second kappa shape index (κ2) is 13.1. The average molecular weight is 200 g/mol. The third-order valence-corrected chi connectivity index (χ3v) is 0.357. The quantitative estimate of drug-likeness (QED) is 0.368. The predicted molar refractivity (Wildman–Crippen MR) is 50.5 cm³/mol. The van der Waals surface area contributed by atoms with Crippen molar-refractivity contribution in [3.63, 3.8) is 0 Å². The highest BCUT2D eigenvalue weighted by molar-refractivity contribution is 6.46. The Kier molecular flexibility index (Phi) is 24.7. The topological polar surface area (TPSA) is 148 Å². The smallest absolute Gasteiger partial charge is 0.332 e. The molecule has 0 aromatic heterocycles. The Labute approximate surface area is 74.1 Å². The van der Waals surface area contributed by atoms with Crippen LogP contribution in [0.15, 0.2) is 0 Å². The molecule has 0 aliphatic carbocycles. The number of rotatable bonds is 1. The van der Waals surface area contributed by atoms with Gasteiger partial charge in [-0.1, -0.05) is 0 Å². The van der Waals surface area contributed by atoms with Gasteiger partial charge in [0.1, 0.15) is 6.10 Å². The molecule has 1 atom stereocenters. The lowest BCUT2D eigenvalue weighted by Gasteiger charge is -1.89. The van der Waals surface area contributed by atoms with Gasteiger partial charge in [0.15, 0.2) is 9.04 Å². The summed E-state index contributed by atoms with van der Waals surface area (Å²) < 4.78 is 0. The van der Waals surface area contributed by atoms with Crippen LogP contribution in [0, 0.1) is 0 Å². The molecule has 0 aliphatic rings. The lowest BCUT2D eigenvalue weighted by atomic mass is 10.4. The summed E-state index contributed by atoms with van der Waals surface area (Å²) in [7, 11) is -1.14. The van der Waals surface area contributed by atoms with E-state index >= 15 is 0 Å². The standard InChI is InChI=1S/C3H6O3.C2H8OSi.2H3N/c1-2(4)3(5)6;1-4(2)3;;/h2,4H,1H3,(H,5,6);3-4H,1-2H3;2*1H3. The molecule has 0 saturated carbocycles. The molecule has 12 heavy (non-hydrogen) atoms. The van der Waals surface area contributed by atoms with Gasteiger partial charge >= 0.3 is 5.97 Å². The molecule has 0 aliphatic heterocycles. The summed E-state index contributed by atoms with van der Waals surface area (Å²) in [6, 6.07) is 0. The summed E-state index contributed by atoms with van der Waals surface area (Å²) in [6.45, 7) is 4.92. The van der Waals surface area contributed by atoms with Crippen LogP contribution < -0.4 is 12.3 Å². The number of aliphatic hydroxyl groups excluding tert-OH is 1. The molecule has 7 heteroatoms. The minimum Gasteiger partial charge on any atom is -0.479 e. The van der Waals surface area contributed by atoms with Crippen molar-refractivity contribution >= 4 is 15.0 Å². The van der Waals surface area contributed by atoms with E-state index in [9.17, 15) is 4.79 Å². The summed E-state index contributed by atoms with van der Waals surface area (Å²) in [6.07, 6.45) is -1.23. The molecule has 78 valence electrons. The molecule has 0 rings (SSSR count). The third kappa shape index (κ3) is 55.7. The van der Waals surface area contributed by atoms with E-state index in [1.54, 1.807) is 0 Å². The highest BCUT2D eigenvalue weighted by atomic mass is 28.3. The van der Waals surface area contributed by atoms with Gasteiger partial charge < -0.3 is 27.3 Å². The second-order valence-electron chi connectivity index (χ2n) is 2.11. The molecule has 6 nitrogen and oxygen atoms in total. The Balaban J connectivity index is -0.0000000483. The highest BCUT2D eigenvalue weighted by Gasteiger charge is 2.01. The molecule has 0 radical (unpaired) electrons. The van der Waals surface area contributed by atoms with E-state index in [0.29, 0.717) is 0 Å². The van der Waals surface area contributed by atoms with Crippen molar-refractivity contribution in [3.05, 3.63) is 0 Å². The van der Waals surface area contributed by atoms with Crippen LogP contribution in [0.3, 0.4) is 0 Å². The van der Waals surface area contributed by atoms with Crippen molar-refractivity contribution in [1.82, 2.24) is 12.3 Å². The van der Waals surface area contributed by atoms with E-state index in [0.717, 1.165) is 0 Å². The number of aliphatic hydroxyl groups is 1. The maximum absolute atomic E-state index is 9.45. The molecule has 1 unspecified atom stereocenters. The number of aliphatic carboxylic acids is 1. The zero-order valence-electron chi connectivity index (χ0n) is 7.82. The lowest BCUT2D eigenvalue weighted by molar-refractivity contribution is -0.145. The number of carbonyl (C=O) groups is 1. The van der Waals surface area contributed by atoms with Crippen LogP contribution in [-0.2, 0) is 4.79 Å². The number of hydrogen-bond donors (Lipinski definition) is 5. The van der Waals surface area contributed by atoms with Gasteiger partial charge in [-0.15, -0.1) is 0 Å². The zero-order chi connectivity index (χ0) is 8.73. The van der Waals surface area contributed by atoms with Crippen LogP contribution in [0.4, 0.5) is 0 Å². The van der Waals surface area contributed by atoms with Gasteiger partial charge in [-0.25, -0.2) is 4.79 Å². The van der Waals surface area contributed by atoms with E-state index in [2.05, 4.69) is 0 Å². The lowest BCUT2D eigenvalue weighted by Crippen LogP contribution is -2.13. The van der Waals surface area contributed by atoms with Gasteiger partial charge in [0, 0.05) is 0 Å². The minimum atomic E-state index is -1.23. The molecular formula is C5H20N2O4Si. The maximum Gasteiger partial charge on any atom is 0.332 e. The zero-order valence-corrected chi connectivity index (χ0v) is 8.97. The van der Waals surface area contributed by atoms with Crippen molar-refractivity contribution in [1.29, 1.82) is 0 Å². The van der Waals surface area contributed by atoms with E-state index in [1.165, 1.54) is 6.92 Å². The fraction of sp³-hybridized carbons (Fsp3) is 0.800. The molecule has 0 fully saturated rings. The maximum atomic E-state index is 9.45. The Morgan fingerprint density at radius 2 is 1.42 bits per heavy atom. The molecule has 0 bridgehead atoms. The van der Waals surface area contributed by atoms with Gasteiger partial charge in [-0.05, 0) is 20.0 Å². The highest BCUT2D eigenvalue weighted by Crippen LogP contribution is 1.73. The fourth-order valence-corrected chi connectivity index (χ4v) is 0. The van der Waals surface area contributed by atoms with Crippen molar-refractivity contribution < 1.29 is 19.8 Å². The fourth-order valence-electron chi connectivity index (χ4n) is 0. The van der Waals surface area contributed by atoms with Crippen LogP contribution in [-0.4, -0.2) is 36.1 Å². The predicted octanol–water partition coefficient (Wildman–Crippen LogP) is -0.262. The minimum absolute atomic E-state index is 0. The largest absolute Gasteiger partial charge is 0.479 e. The van der Waals surface area contributed by atoms with Crippen molar-refractivity contribution in [2.75, 3.05) is 0 Å². The van der Waals surface area contributed by atoms with Crippen molar-refractivity contribution in [3.8, 4) is 0 Å². The third-order valence-electron chi connectivity index (χ3n) is 0.357. The van der Waals surface area contributed by atoms with Crippen LogP contribution in [0.5, 0.6) is 0 Å². The number of carboxylic acids is 1. The van der Waals surface area contributed by atoms with E-state index in [-0.39, 0.29) is 12.3 Å². The Hall–Kier alpha value is -0.473. The van der Waals surface area contributed by atoms with Crippen molar-refractivity contribution in [2.24, 2.45) is 0 Å². The monoisotopic (exact) mass is 200 g/mol. The van der Waals surface area contributed by atoms with Crippen LogP contribution in [0.1, 0.15) is 6.92 Å². The van der Waals surface area contributed by atoms with Crippen molar-refractivity contribution in [2.45, 2.75) is 26.1 Å². The van der Waals surface area contributed by atoms with Gasteiger partial charge in [0.25, 0.3) is 0 Å². The normalized spacial score (nSPS) is 9.83. The SMILES string of the molecule is CC(O)C(=O)O.C[SiH](C)O.N.N. The molecule has 0 amide bonds. The van der Waals surface area contributed by atoms with Crippen LogP contribution in [0.2, 0.25) is 13.1 Å². The molecule has 0 heterocycles. The Morgan fingerprint density at radius 3 is 1.42 bits per heavy atom. The summed E-state index contributed by atoms with van der Waals surface area (Å²) in [5.74, 6) is -1.19. The summed E-state index contributed by atoms with van der Waals surface area (Å²) in [4.78, 5) is 17.6. The molecule has 0 aromatic rings. The van der Waals surface area contributed by atoms with E-state index in [1.807, 2.05) is 13.1 Å². The average Bonchev–Trinajstić information content (AvgIpc) is 1.63. The van der Waals surface area contributed by atoms with E-state index < -0.39 is 21.1 Å². The second-order valence-corrected chi connectivity index (χ2v) is 4.30. The van der Waals surface area contributed by atoms with Gasteiger partial charge in [0.2, 0.25) is 0 Å². The molecule has 0 aromatic carbocycles. The summed E-state index contributed by atoms with van der Waals surface area (Å²) in [5.41, 5.74) is 0. The van der Waals surface area contributed by atoms with E-state index in [4.69, 9.17) is 15.0 Å². The first-order valence-electron chi connectivity index (χ1n) is 2.96. The Morgan fingerprint density at radius 1 is 1.33 bits per heavy atom. The molecule has 9 N–H and O–H groups in total.